The van der Waals surface area contributed by atoms with Gasteiger partial charge >= 0.3 is 5.97 Å². The van der Waals surface area contributed by atoms with Gasteiger partial charge in [-0.1, -0.05) is 13.8 Å². The fourth-order valence-electron chi connectivity index (χ4n) is 1.77. The van der Waals surface area contributed by atoms with Gasteiger partial charge < -0.3 is 20.1 Å². The molecule has 0 aliphatic rings. The minimum atomic E-state index is -0.374. The molecule has 18 heavy (non-hydrogen) atoms. The van der Waals surface area contributed by atoms with Crippen LogP contribution >= 0.6 is 0 Å². The Bertz CT molecular complexity index is 374. The highest BCUT2D eigenvalue weighted by Gasteiger charge is 2.09. The molecular formula is C13H22N2O3. The van der Waals surface area contributed by atoms with Crippen LogP contribution in [0.5, 0.6) is 0 Å². The zero-order chi connectivity index (χ0) is 13.5. The number of carbonyl (C=O) groups excluding carboxylic acids is 1. The van der Waals surface area contributed by atoms with Crippen molar-refractivity contribution >= 4 is 5.97 Å². The standard InChI is InChI=1S/C13H22N2O3/c1-9(2)6-11(16)8-14-7-10-4-5-12(15-10)13(17)18-3/h4-5,9,11,14-16H,6-8H2,1-3H3. The minimum Gasteiger partial charge on any atom is -0.464 e. The quantitative estimate of drug-likeness (QED) is 0.641. The molecule has 0 aliphatic heterocycles. The highest BCUT2D eigenvalue weighted by Crippen LogP contribution is 2.05. The molecule has 1 aromatic rings. The SMILES string of the molecule is COC(=O)c1ccc(CNCC(O)CC(C)C)[nH]1. The van der Waals surface area contributed by atoms with Crippen molar-refractivity contribution < 1.29 is 14.6 Å². The first-order valence-corrected chi connectivity index (χ1v) is 6.18. The molecule has 0 aromatic carbocycles. The van der Waals surface area contributed by atoms with E-state index in [0.29, 0.717) is 24.7 Å². The molecule has 0 aliphatic carbocycles. The second-order valence-corrected chi connectivity index (χ2v) is 4.80. The molecule has 0 spiro atoms. The van der Waals surface area contributed by atoms with Gasteiger partial charge in [0.15, 0.2) is 0 Å². The second kappa shape index (κ2) is 7.18. The predicted molar refractivity (Wildman–Crippen MR) is 69.3 cm³/mol. The lowest BCUT2D eigenvalue weighted by Gasteiger charge is -2.13. The molecule has 102 valence electrons. The normalized spacial score (nSPS) is 12.7. The number of aliphatic hydroxyl groups is 1. The van der Waals surface area contributed by atoms with Crippen LogP contribution in [-0.4, -0.2) is 35.8 Å². The Morgan fingerprint density at radius 2 is 2.22 bits per heavy atom. The third-order valence-electron chi connectivity index (χ3n) is 2.59. The van der Waals surface area contributed by atoms with Crippen molar-refractivity contribution in [3.05, 3.63) is 23.5 Å². The summed E-state index contributed by atoms with van der Waals surface area (Å²) in [6.45, 7) is 5.30. The van der Waals surface area contributed by atoms with Gasteiger partial charge in [-0.2, -0.15) is 0 Å². The van der Waals surface area contributed by atoms with Crippen molar-refractivity contribution in [3.63, 3.8) is 0 Å². The Balaban J connectivity index is 2.31. The van der Waals surface area contributed by atoms with E-state index in [1.54, 1.807) is 6.07 Å². The van der Waals surface area contributed by atoms with Gasteiger partial charge in [0.2, 0.25) is 0 Å². The minimum absolute atomic E-state index is 0.333. The van der Waals surface area contributed by atoms with Crippen molar-refractivity contribution in [2.45, 2.75) is 32.9 Å². The lowest BCUT2D eigenvalue weighted by atomic mass is 10.1. The van der Waals surface area contributed by atoms with Crippen molar-refractivity contribution in [2.24, 2.45) is 5.92 Å². The van der Waals surface area contributed by atoms with Crippen LogP contribution in [-0.2, 0) is 11.3 Å². The third-order valence-corrected chi connectivity index (χ3v) is 2.59. The molecule has 0 amide bonds. The Hall–Kier alpha value is -1.33. The molecule has 0 bridgehead atoms. The number of methoxy groups -OCH3 is 1. The number of hydrogen-bond donors (Lipinski definition) is 3. The molecule has 5 nitrogen and oxygen atoms in total. The lowest BCUT2D eigenvalue weighted by Crippen LogP contribution is -2.27. The fourth-order valence-corrected chi connectivity index (χ4v) is 1.77. The maximum atomic E-state index is 11.2. The number of carbonyl (C=O) groups is 1. The molecule has 3 N–H and O–H groups in total. The average molecular weight is 254 g/mol. The third kappa shape index (κ3) is 4.89. The topological polar surface area (TPSA) is 74.3 Å². The maximum absolute atomic E-state index is 11.2. The summed E-state index contributed by atoms with van der Waals surface area (Å²) in [7, 11) is 1.35. The molecule has 1 rings (SSSR count). The molecular weight excluding hydrogens is 232 g/mol. The van der Waals surface area contributed by atoms with Gasteiger partial charge in [-0.05, 0) is 24.5 Å². The molecule has 0 saturated heterocycles. The summed E-state index contributed by atoms with van der Waals surface area (Å²) in [4.78, 5) is 14.2. The summed E-state index contributed by atoms with van der Waals surface area (Å²) >= 11 is 0. The van der Waals surface area contributed by atoms with Crippen LogP contribution in [0.2, 0.25) is 0 Å². The number of aromatic nitrogens is 1. The summed E-state index contributed by atoms with van der Waals surface area (Å²) < 4.78 is 4.61. The van der Waals surface area contributed by atoms with Gasteiger partial charge in [-0.25, -0.2) is 4.79 Å². The van der Waals surface area contributed by atoms with E-state index < -0.39 is 0 Å². The van der Waals surface area contributed by atoms with Crippen LogP contribution in [0.4, 0.5) is 0 Å². The van der Waals surface area contributed by atoms with Crippen molar-refractivity contribution in [1.82, 2.24) is 10.3 Å². The number of aromatic amines is 1. The molecule has 1 aromatic heterocycles. The number of H-pyrrole nitrogens is 1. The Morgan fingerprint density at radius 3 is 2.83 bits per heavy atom. The zero-order valence-corrected chi connectivity index (χ0v) is 11.2. The van der Waals surface area contributed by atoms with Crippen molar-refractivity contribution in [1.29, 1.82) is 0 Å². The fraction of sp³-hybridized carbons (Fsp3) is 0.615. The number of nitrogens with one attached hydrogen (secondary N) is 2. The summed E-state index contributed by atoms with van der Waals surface area (Å²) in [5.74, 6) is 0.110. The van der Waals surface area contributed by atoms with E-state index >= 15 is 0 Å². The van der Waals surface area contributed by atoms with Gasteiger partial charge in [-0.3, -0.25) is 0 Å². The molecule has 1 heterocycles. The summed E-state index contributed by atoms with van der Waals surface area (Å²) in [5, 5.41) is 12.8. The monoisotopic (exact) mass is 254 g/mol. The predicted octanol–water partition coefficient (Wildman–Crippen LogP) is 1.30. The van der Waals surface area contributed by atoms with Crippen molar-refractivity contribution in [3.8, 4) is 0 Å². The van der Waals surface area contributed by atoms with E-state index in [1.165, 1.54) is 7.11 Å². The molecule has 0 saturated carbocycles. The van der Waals surface area contributed by atoms with Gasteiger partial charge in [0.05, 0.1) is 13.2 Å². The van der Waals surface area contributed by atoms with E-state index in [-0.39, 0.29) is 12.1 Å². The number of ether oxygens (including phenoxy) is 1. The van der Waals surface area contributed by atoms with E-state index in [1.807, 2.05) is 6.07 Å². The summed E-state index contributed by atoms with van der Waals surface area (Å²) in [6.07, 6.45) is 0.450. The smallest absolute Gasteiger partial charge is 0.354 e. The van der Waals surface area contributed by atoms with Crippen LogP contribution in [0.3, 0.4) is 0 Å². The molecule has 5 heteroatoms. The molecule has 1 unspecified atom stereocenters. The molecule has 0 radical (unpaired) electrons. The van der Waals surface area contributed by atoms with E-state index in [9.17, 15) is 9.90 Å². The van der Waals surface area contributed by atoms with E-state index in [2.05, 4.69) is 28.9 Å². The number of hydrogen-bond acceptors (Lipinski definition) is 4. The van der Waals surface area contributed by atoms with Crippen LogP contribution in [0.1, 0.15) is 36.5 Å². The van der Waals surface area contributed by atoms with Gasteiger partial charge in [-0.15, -0.1) is 0 Å². The first-order chi connectivity index (χ1) is 8.52. The van der Waals surface area contributed by atoms with Crippen LogP contribution in [0, 0.1) is 5.92 Å². The Labute approximate surface area is 108 Å². The highest BCUT2D eigenvalue weighted by atomic mass is 16.5. The Kier molecular flexibility index (Phi) is 5.88. The number of esters is 1. The number of rotatable bonds is 7. The number of aliphatic hydroxyl groups excluding tert-OH is 1. The van der Waals surface area contributed by atoms with Gasteiger partial charge in [0.1, 0.15) is 5.69 Å². The highest BCUT2D eigenvalue weighted by molar-refractivity contribution is 5.87. The average Bonchev–Trinajstić information content (AvgIpc) is 2.75. The van der Waals surface area contributed by atoms with Gasteiger partial charge in [0, 0.05) is 18.8 Å². The molecule has 0 fully saturated rings. The zero-order valence-electron chi connectivity index (χ0n) is 11.2. The van der Waals surface area contributed by atoms with Gasteiger partial charge in [0.25, 0.3) is 0 Å². The maximum Gasteiger partial charge on any atom is 0.354 e. The lowest BCUT2D eigenvalue weighted by molar-refractivity contribution is 0.0594. The first-order valence-electron chi connectivity index (χ1n) is 6.18. The van der Waals surface area contributed by atoms with Crippen LogP contribution in [0.15, 0.2) is 12.1 Å². The molecule has 1 atom stereocenters. The second-order valence-electron chi connectivity index (χ2n) is 4.80. The summed E-state index contributed by atoms with van der Waals surface area (Å²) in [5.41, 5.74) is 1.34. The van der Waals surface area contributed by atoms with E-state index in [4.69, 9.17) is 0 Å². The summed E-state index contributed by atoms with van der Waals surface area (Å²) in [6, 6.07) is 3.52. The largest absolute Gasteiger partial charge is 0.464 e. The van der Waals surface area contributed by atoms with Crippen LogP contribution < -0.4 is 5.32 Å². The van der Waals surface area contributed by atoms with E-state index in [0.717, 1.165) is 12.1 Å². The van der Waals surface area contributed by atoms with Crippen LogP contribution in [0.25, 0.3) is 0 Å². The first kappa shape index (κ1) is 14.7. The van der Waals surface area contributed by atoms with Crippen molar-refractivity contribution in [2.75, 3.05) is 13.7 Å². The Morgan fingerprint density at radius 1 is 1.50 bits per heavy atom.